The Hall–Kier alpha value is -1.28. The summed E-state index contributed by atoms with van der Waals surface area (Å²) >= 11 is 0. The van der Waals surface area contributed by atoms with E-state index in [1.54, 1.807) is 6.92 Å². The van der Waals surface area contributed by atoms with Crippen molar-refractivity contribution in [1.82, 2.24) is 4.72 Å². The summed E-state index contributed by atoms with van der Waals surface area (Å²) in [5.74, 6) is 0.390. The Balaban J connectivity index is 1.77. The minimum atomic E-state index is -4.32. The third-order valence-corrected chi connectivity index (χ3v) is 7.14. The summed E-state index contributed by atoms with van der Waals surface area (Å²) < 4.78 is 64.7. The zero-order valence-electron chi connectivity index (χ0n) is 15.1. The van der Waals surface area contributed by atoms with E-state index in [2.05, 4.69) is 10.0 Å². The predicted octanol–water partition coefficient (Wildman–Crippen LogP) is 4.39. The maximum Gasteiger partial charge on any atom is 0.416 e. The van der Waals surface area contributed by atoms with Crippen molar-refractivity contribution < 1.29 is 21.6 Å². The van der Waals surface area contributed by atoms with Gasteiger partial charge in [0, 0.05) is 18.3 Å². The first-order valence-corrected chi connectivity index (χ1v) is 10.6. The second-order valence-electron chi connectivity index (χ2n) is 7.06. The largest absolute Gasteiger partial charge is 0.416 e. The molecule has 2 N–H and O–H groups in total. The lowest BCUT2D eigenvalue weighted by molar-refractivity contribution is -0.137. The molecule has 0 radical (unpaired) electrons. The van der Waals surface area contributed by atoms with E-state index in [4.69, 9.17) is 0 Å². The Kier molecular flexibility index (Phi) is 6.96. The lowest BCUT2D eigenvalue weighted by Crippen LogP contribution is -2.42. The highest BCUT2D eigenvalue weighted by Gasteiger charge is 2.30. The molecule has 1 atom stereocenters. The molecule has 1 unspecified atom stereocenters. The fourth-order valence-corrected chi connectivity index (χ4v) is 4.46. The van der Waals surface area contributed by atoms with Crippen LogP contribution in [0.5, 0.6) is 0 Å². The molecule has 0 aliphatic heterocycles. The lowest BCUT2D eigenvalue weighted by atomic mass is 9.86. The van der Waals surface area contributed by atoms with E-state index in [1.807, 2.05) is 6.92 Å². The van der Waals surface area contributed by atoms with Crippen LogP contribution >= 0.6 is 0 Å². The molecule has 2 rings (SSSR count). The molecule has 148 valence electrons. The average molecular weight is 392 g/mol. The molecule has 0 saturated heterocycles. The summed E-state index contributed by atoms with van der Waals surface area (Å²) in [7, 11) is -3.26. The van der Waals surface area contributed by atoms with Crippen LogP contribution < -0.4 is 10.0 Å². The molecule has 0 bridgehead atoms. The molecule has 1 aromatic carbocycles. The molecule has 26 heavy (non-hydrogen) atoms. The Bertz CT molecular complexity index is 667. The fraction of sp³-hybridized carbons (Fsp3) is 0.667. The number of nitrogens with one attached hydrogen (secondary N) is 2. The first-order chi connectivity index (χ1) is 12.1. The van der Waals surface area contributed by atoms with Gasteiger partial charge in [-0.3, -0.25) is 0 Å². The molecule has 0 spiro atoms. The van der Waals surface area contributed by atoms with Crippen molar-refractivity contribution in [2.75, 3.05) is 11.9 Å². The number of sulfonamides is 1. The average Bonchev–Trinajstić information content (AvgIpc) is 2.59. The van der Waals surface area contributed by atoms with Crippen molar-refractivity contribution in [1.29, 1.82) is 0 Å². The number of rotatable bonds is 7. The number of anilines is 1. The summed E-state index contributed by atoms with van der Waals surface area (Å²) in [6.07, 6.45) is -0.381. The van der Waals surface area contributed by atoms with Gasteiger partial charge in [0.05, 0.1) is 10.8 Å². The SMILES string of the molecule is CCC(C)S(=O)(=O)NC1CCC(CNc2ccc(C(F)(F)F)cc2)CC1. The molecule has 1 aromatic rings. The van der Waals surface area contributed by atoms with E-state index in [-0.39, 0.29) is 11.3 Å². The summed E-state index contributed by atoms with van der Waals surface area (Å²) in [6.45, 7) is 4.24. The Labute approximate surface area is 153 Å². The number of hydrogen-bond donors (Lipinski definition) is 2. The molecular weight excluding hydrogens is 365 g/mol. The van der Waals surface area contributed by atoms with Gasteiger partial charge in [0.15, 0.2) is 0 Å². The number of hydrogen-bond acceptors (Lipinski definition) is 3. The van der Waals surface area contributed by atoms with Crippen molar-refractivity contribution in [2.45, 2.75) is 63.4 Å². The Morgan fingerprint density at radius 1 is 1.12 bits per heavy atom. The van der Waals surface area contributed by atoms with E-state index in [0.29, 0.717) is 24.6 Å². The molecular formula is C18H27F3N2O2S. The second-order valence-corrected chi connectivity index (χ2v) is 9.19. The van der Waals surface area contributed by atoms with Crippen molar-refractivity contribution in [2.24, 2.45) is 5.92 Å². The minimum Gasteiger partial charge on any atom is -0.385 e. The molecule has 8 heteroatoms. The highest BCUT2D eigenvalue weighted by molar-refractivity contribution is 7.90. The van der Waals surface area contributed by atoms with Crippen LogP contribution in [0.15, 0.2) is 24.3 Å². The maximum atomic E-state index is 12.6. The van der Waals surface area contributed by atoms with Crippen LogP contribution in [-0.4, -0.2) is 26.3 Å². The monoisotopic (exact) mass is 392 g/mol. The van der Waals surface area contributed by atoms with Crippen molar-refractivity contribution in [3.05, 3.63) is 29.8 Å². The molecule has 1 aliphatic carbocycles. The first kappa shape index (κ1) is 21.0. The van der Waals surface area contributed by atoms with Crippen LogP contribution in [0.1, 0.15) is 51.5 Å². The normalized spacial score (nSPS) is 22.8. The molecule has 0 heterocycles. The quantitative estimate of drug-likeness (QED) is 0.723. The van der Waals surface area contributed by atoms with Gasteiger partial charge in [-0.1, -0.05) is 6.92 Å². The number of benzene rings is 1. The third-order valence-electron chi connectivity index (χ3n) is 5.09. The summed E-state index contributed by atoms with van der Waals surface area (Å²) in [4.78, 5) is 0. The summed E-state index contributed by atoms with van der Waals surface area (Å²) in [6, 6.07) is 5.01. The molecule has 1 aliphatic rings. The zero-order chi connectivity index (χ0) is 19.4. The van der Waals surface area contributed by atoms with Crippen LogP contribution in [0.3, 0.4) is 0 Å². The number of alkyl halides is 3. The minimum absolute atomic E-state index is 0.0173. The topological polar surface area (TPSA) is 58.2 Å². The third kappa shape index (κ3) is 5.87. The molecule has 0 amide bonds. The van der Waals surface area contributed by atoms with Gasteiger partial charge < -0.3 is 5.32 Å². The van der Waals surface area contributed by atoms with Gasteiger partial charge in [-0.05, 0) is 69.2 Å². The fourth-order valence-electron chi connectivity index (χ4n) is 3.09. The van der Waals surface area contributed by atoms with E-state index in [1.165, 1.54) is 12.1 Å². The van der Waals surface area contributed by atoms with Crippen LogP contribution in [0.2, 0.25) is 0 Å². The zero-order valence-corrected chi connectivity index (χ0v) is 16.0. The van der Waals surface area contributed by atoms with Crippen LogP contribution in [0.25, 0.3) is 0 Å². The van der Waals surface area contributed by atoms with Crippen LogP contribution in [-0.2, 0) is 16.2 Å². The van der Waals surface area contributed by atoms with E-state index < -0.39 is 21.8 Å². The smallest absolute Gasteiger partial charge is 0.385 e. The van der Waals surface area contributed by atoms with Gasteiger partial charge in [-0.2, -0.15) is 13.2 Å². The predicted molar refractivity (Wildman–Crippen MR) is 97.5 cm³/mol. The van der Waals surface area contributed by atoms with E-state index in [9.17, 15) is 21.6 Å². The van der Waals surface area contributed by atoms with Gasteiger partial charge in [-0.25, -0.2) is 13.1 Å². The van der Waals surface area contributed by atoms with Gasteiger partial charge in [0.2, 0.25) is 10.0 Å². The summed E-state index contributed by atoms with van der Waals surface area (Å²) in [5, 5.41) is 2.79. The molecule has 4 nitrogen and oxygen atoms in total. The van der Waals surface area contributed by atoms with Crippen LogP contribution in [0.4, 0.5) is 18.9 Å². The summed E-state index contributed by atoms with van der Waals surface area (Å²) in [5.41, 5.74) is 0.00902. The standard InChI is InChI=1S/C18H27F3N2O2S/c1-3-13(2)26(24,25)23-17-8-4-14(5-9-17)12-22-16-10-6-15(7-11-16)18(19,20)21/h6-7,10-11,13-14,17,22-23H,3-5,8-9,12H2,1-2H3. The Morgan fingerprint density at radius 3 is 2.19 bits per heavy atom. The van der Waals surface area contributed by atoms with E-state index >= 15 is 0 Å². The van der Waals surface area contributed by atoms with Gasteiger partial charge in [0.1, 0.15) is 0 Å². The highest BCUT2D eigenvalue weighted by atomic mass is 32.2. The van der Waals surface area contributed by atoms with Crippen molar-refractivity contribution in [3.8, 4) is 0 Å². The lowest BCUT2D eigenvalue weighted by Gasteiger charge is -2.30. The van der Waals surface area contributed by atoms with Crippen molar-refractivity contribution in [3.63, 3.8) is 0 Å². The Morgan fingerprint density at radius 2 is 1.69 bits per heavy atom. The highest BCUT2D eigenvalue weighted by Crippen LogP contribution is 2.30. The van der Waals surface area contributed by atoms with Crippen molar-refractivity contribution >= 4 is 15.7 Å². The second kappa shape index (κ2) is 8.61. The molecule has 1 saturated carbocycles. The maximum absolute atomic E-state index is 12.6. The van der Waals surface area contributed by atoms with E-state index in [0.717, 1.165) is 37.8 Å². The number of halogens is 3. The first-order valence-electron chi connectivity index (χ1n) is 9.04. The molecule has 1 fully saturated rings. The molecule has 0 aromatic heterocycles. The van der Waals surface area contributed by atoms with Gasteiger partial charge in [0.25, 0.3) is 0 Å². The van der Waals surface area contributed by atoms with Gasteiger partial charge in [-0.15, -0.1) is 0 Å². The van der Waals surface area contributed by atoms with Gasteiger partial charge >= 0.3 is 6.18 Å². The van der Waals surface area contributed by atoms with Crippen LogP contribution in [0, 0.1) is 5.92 Å².